The standard InChI is InChI=1S/C22H19ClF3N3O3/c1-12-8-20(29(28-12)18-11-16(22(24,25)26)5-6-17(18)23)27-21(31)10-15-9-14(13(2)30)4-7-19(15)32-3/h4-9,11H,10H2,1-3H3,(H,27,31). The highest BCUT2D eigenvalue weighted by atomic mass is 35.5. The van der Waals surface area contributed by atoms with Gasteiger partial charge in [0, 0.05) is 17.2 Å². The van der Waals surface area contributed by atoms with Crippen molar-refractivity contribution >= 4 is 29.1 Å². The van der Waals surface area contributed by atoms with Gasteiger partial charge in [0.15, 0.2) is 5.78 Å². The van der Waals surface area contributed by atoms with Crippen molar-refractivity contribution in [3.63, 3.8) is 0 Å². The number of Topliss-reactive ketones (excluding diaryl/α,β-unsaturated/α-hetero) is 1. The number of amides is 1. The number of rotatable bonds is 6. The predicted octanol–water partition coefficient (Wildman–Crippen LogP) is 5.25. The van der Waals surface area contributed by atoms with E-state index in [0.29, 0.717) is 22.6 Å². The summed E-state index contributed by atoms with van der Waals surface area (Å²) < 4.78 is 45.9. The second-order valence-corrected chi connectivity index (χ2v) is 7.46. The van der Waals surface area contributed by atoms with E-state index >= 15 is 0 Å². The molecule has 10 heteroatoms. The highest BCUT2D eigenvalue weighted by Gasteiger charge is 2.31. The highest BCUT2D eigenvalue weighted by molar-refractivity contribution is 6.32. The maximum Gasteiger partial charge on any atom is 0.416 e. The summed E-state index contributed by atoms with van der Waals surface area (Å²) in [4.78, 5) is 24.4. The van der Waals surface area contributed by atoms with Gasteiger partial charge in [-0.15, -0.1) is 0 Å². The molecule has 3 aromatic rings. The molecule has 0 aliphatic carbocycles. The Balaban J connectivity index is 1.92. The number of ether oxygens (including phenoxy) is 1. The molecule has 32 heavy (non-hydrogen) atoms. The van der Waals surface area contributed by atoms with Gasteiger partial charge in [0.05, 0.1) is 35.5 Å². The largest absolute Gasteiger partial charge is 0.496 e. The predicted molar refractivity (Wildman–Crippen MR) is 114 cm³/mol. The van der Waals surface area contributed by atoms with Crippen molar-refractivity contribution in [3.05, 3.63) is 69.9 Å². The van der Waals surface area contributed by atoms with Crippen LogP contribution < -0.4 is 10.1 Å². The Morgan fingerprint density at radius 2 is 1.88 bits per heavy atom. The molecule has 2 aromatic carbocycles. The number of methoxy groups -OCH3 is 1. The minimum Gasteiger partial charge on any atom is -0.496 e. The number of carbonyl (C=O) groups excluding carboxylic acids is 2. The first-order valence-corrected chi connectivity index (χ1v) is 9.79. The molecule has 0 saturated heterocycles. The van der Waals surface area contributed by atoms with Gasteiger partial charge in [-0.3, -0.25) is 9.59 Å². The van der Waals surface area contributed by atoms with E-state index in [0.717, 1.165) is 22.9 Å². The van der Waals surface area contributed by atoms with Gasteiger partial charge in [-0.1, -0.05) is 11.6 Å². The fourth-order valence-corrected chi connectivity index (χ4v) is 3.32. The van der Waals surface area contributed by atoms with Crippen LogP contribution in [0.5, 0.6) is 5.75 Å². The minimum atomic E-state index is -4.57. The summed E-state index contributed by atoms with van der Waals surface area (Å²) in [6.07, 6.45) is -4.70. The van der Waals surface area contributed by atoms with E-state index in [2.05, 4.69) is 10.4 Å². The molecule has 1 aromatic heterocycles. The molecule has 0 radical (unpaired) electrons. The van der Waals surface area contributed by atoms with Crippen molar-refractivity contribution in [1.29, 1.82) is 0 Å². The Morgan fingerprint density at radius 3 is 2.50 bits per heavy atom. The zero-order valence-corrected chi connectivity index (χ0v) is 18.1. The van der Waals surface area contributed by atoms with Gasteiger partial charge in [0.2, 0.25) is 5.91 Å². The lowest BCUT2D eigenvalue weighted by atomic mass is 10.0. The van der Waals surface area contributed by atoms with Gasteiger partial charge < -0.3 is 10.1 Å². The number of alkyl halides is 3. The van der Waals surface area contributed by atoms with Crippen LogP contribution in [0.15, 0.2) is 42.5 Å². The lowest BCUT2D eigenvalue weighted by Gasteiger charge is -2.14. The number of aromatic nitrogens is 2. The summed E-state index contributed by atoms with van der Waals surface area (Å²) >= 11 is 6.13. The Bertz CT molecular complexity index is 1190. The van der Waals surface area contributed by atoms with Crippen LogP contribution in [0.1, 0.15) is 34.1 Å². The van der Waals surface area contributed by atoms with E-state index in [4.69, 9.17) is 16.3 Å². The molecule has 168 valence electrons. The number of hydrogen-bond acceptors (Lipinski definition) is 4. The van der Waals surface area contributed by atoms with Gasteiger partial charge in [-0.25, -0.2) is 4.68 Å². The number of ketones is 1. The van der Waals surface area contributed by atoms with E-state index in [1.54, 1.807) is 25.1 Å². The van der Waals surface area contributed by atoms with E-state index in [-0.39, 0.29) is 28.7 Å². The summed E-state index contributed by atoms with van der Waals surface area (Å²) in [6, 6.07) is 9.12. The van der Waals surface area contributed by atoms with Gasteiger partial charge in [0.25, 0.3) is 0 Å². The first-order chi connectivity index (χ1) is 15.0. The molecular weight excluding hydrogens is 447 g/mol. The summed E-state index contributed by atoms with van der Waals surface area (Å²) in [7, 11) is 1.44. The highest BCUT2D eigenvalue weighted by Crippen LogP contribution is 2.34. The average Bonchev–Trinajstić information content (AvgIpc) is 3.06. The van der Waals surface area contributed by atoms with Crippen LogP contribution in [0.2, 0.25) is 5.02 Å². The smallest absolute Gasteiger partial charge is 0.416 e. The number of nitrogens with one attached hydrogen (secondary N) is 1. The third-order valence-corrected chi connectivity index (χ3v) is 4.96. The van der Waals surface area contributed by atoms with Gasteiger partial charge in [0.1, 0.15) is 11.6 Å². The first-order valence-electron chi connectivity index (χ1n) is 9.41. The summed E-state index contributed by atoms with van der Waals surface area (Å²) in [5.41, 5.74) is 0.446. The Kier molecular flexibility index (Phi) is 6.59. The van der Waals surface area contributed by atoms with Crippen LogP contribution in [0.4, 0.5) is 19.0 Å². The van der Waals surface area contributed by atoms with Crippen LogP contribution >= 0.6 is 11.6 Å². The molecule has 0 unspecified atom stereocenters. The number of nitrogens with zero attached hydrogens (tertiary/aromatic N) is 2. The summed E-state index contributed by atoms with van der Waals surface area (Å²) in [5, 5.41) is 6.86. The molecule has 0 aliphatic heterocycles. The average molecular weight is 466 g/mol. The summed E-state index contributed by atoms with van der Waals surface area (Å²) in [6.45, 7) is 3.04. The molecular formula is C22H19ClF3N3O3. The monoisotopic (exact) mass is 465 g/mol. The molecule has 0 aliphatic rings. The molecule has 0 saturated carbocycles. The number of halogens is 4. The number of hydrogen-bond donors (Lipinski definition) is 1. The summed E-state index contributed by atoms with van der Waals surface area (Å²) in [5.74, 6) is -0.0679. The van der Waals surface area contributed by atoms with Gasteiger partial charge >= 0.3 is 6.18 Å². The van der Waals surface area contributed by atoms with Crippen molar-refractivity contribution in [2.45, 2.75) is 26.4 Å². The molecule has 0 bridgehead atoms. The number of anilines is 1. The van der Waals surface area contributed by atoms with Crippen molar-refractivity contribution in [3.8, 4) is 11.4 Å². The maximum atomic E-state index is 13.2. The fraction of sp³-hybridized carbons (Fsp3) is 0.227. The van der Waals surface area contributed by atoms with Crippen LogP contribution in [0.3, 0.4) is 0 Å². The second-order valence-electron chi connectivity index (χ2n) is 7.05. The topological polar surface area (TPSA) is 73.2 Å². The Morgan fingerprint density at radius 1 is 1.16 bits per heavy atom. The van der Waals surface area contributed by atoms with Crippen molar-refractivity contribution in [2.24, 2.45) is 0 Å². The minimum absolute atomic E-state index is 0.0268. The van der Waals surface area contributed by atoms with Gasteiger partial charge in [-0.2, -0.15) is 18.3 Å². The first kappa shape index (κ1) is 23.3. The molecule has 1 N–H and O–H groups in total. The lowest BCUT2D eigenvalue weighted by Crippen LogP contribution is -2.18. The molecule has 0 atom stereocenters. The molecule has 1 amide bonds. The Hall–Kier alpha value is -3.33. The normalized spacial score (nSPS) is 11.3. The number of benzene rings is 2. The number of aryl methyl sites for hydroxylation is 1. The van der Waals surface area contributed by atoms with Crippen molar-refractivity contribution in [2.75, 3.05) is 12.4 Å². The quantitative estimate of drug-likeness (QED) is 0.505. The Labute approximate surface area is 186 Å². The van der Waals surface area contributed by atoms with E-state index in [1.807, 2.05) is 0 Å². The maximum absolute atomic E-state index is 13.2. The molecule has 0 fully saturated rings. The van der Waals surface area contributed by atoms with Crippen LogP contribution in [0.25, 0.3) is 5.69 Å². The molecule has 3 rings (SSSR count). The third-order valence-electron chi connectivity index (χ3n) is 4.64. The number of carbonyl (C=O) groups is 2. The SMILES string of the molecule is COc1ccc(C(C)=O)cc1CC(=O)Nc1cc(C)nn1-c1cc(C(F)(F)F)ccc1Cl. The molecule has 1 heterocycles. The van der Waals surface area contributed by atoms with Crippen LogP contribution in [0, 0.1) is 6.92 Å². The van der Waals surface area contributed by atoms with Gasteiger partial charge in [-0.05, 0) is 50.2 Å². The van der Waals surface area contributed by atoms with E-state index < -0.39 is 17.6 Å². The molecule has 0 spiro atoms. The zero-order chi connectivity index (χ0) is 23.6. The van der Waals surface area contributed by atoms with Crippen LogP contribution in [-0.2, 0) is 17.4 Å². The molecule has 6 nitrogen and oxygen atoms in total. The fourth-order valence-electron chi connectivity index (χ4n) is 3.12. The second kappa shape index (κ2) is 9.04. The van der Waals surface area contributed by atoms with Crippen LogP contribution in [-0.4, -0.2) is 28.6 Å². The third kappa shape index (κ3) is 5.11. The lowest BCUT2D eigenvalue weighted by molar-refractivity contribution is -0.137. The van der Waals surface area contributed by atoms with E-state index in [1.165, 1.54) is 20.1 Å². The van der Waals surface area contributed by atoms with E-state index in [9.17, 15) is 22.8 Å². The van der Waals surface area contributed by atoms with Crippen molar-refractivity contribution < 1.29 is 27.5 Å². The zero-order valence-electron chi connectivity index (χ0n) is 17.4. The van der Waals surface area contributed by atoms with Crippen molar-refractivity contribution in [1.82, 2.24) is 9.78 Å².